The van der Waals surface area contributed by atoms with Crippen LogP contribution in [0.4, 0.5) is 0 Å². The predicted molar refractivity (Wildman–Crippen MR) is 77.8 cm³/mol. The molecule has 106 valence electrons. The Hall–Kier alpha value is -1.42. The molecule has 1 aromatic heterocycles. The van der Waals surface area contributed by atoms with Crippen molar-refractivity contribution in [1.29, 1.82) is 0 Å². The highest BCUT2D eigenvalue weighted by Crippen LogP contribution is 2.19. The Morgan fingerprint density at radius 2 is 2.00 bits per heavy atom. The summed E-state index contributed by atoms with van der Waals surface area (Å²) in [6, 6.07) is 5.83. The molecule has 0 aliphatic rings. The number of aromatic nitrogens is 1. The molecule has 0 atom stereocenters. The van der Waals surface area contributed by atoms with Crippen LogP contribution in [0.25, 0.3) is 0 Å². The van der Waals surface area contributed by atoms with E-state index in [0.717, 1.165) is 5.69 Å². The molecule has 3 N–H and O–H groups in total. The largest absolute Gasteiger partial charge is 0.355 e. The fourth-order valence-electron chi connectivity index (χ4n) is 1.70. The molecule has 0 radical (unpaired) electrons. The molecular weight excluding hydrogens is 238 g/mol. The summed E-state index contributed by atoms with van der Waals surface area (Å²) < 4.78 is 0. The molecular formula is C15H25N3O. The van der Waals surface area contributed by atoms with Crippen LogP contribution in [-0.2, 0) is 10.2 Å². The van der Waals surface area contributed by atoms with E-state index < -0.39 is 0 Å². The minimum atomic E-state index is -0.298. The lowest BCUT2D eigenvalue weighted by atomic mass is 9.88. The van der Waals surface area contributed by atoms with Crippen molar-refractivity contribution in [3.63, 3.8) is 0 Å². The first-order valence-electron chi connectivity index (χ1n) is 6.68. The monoisotopic (exact) mass is 263 g/mol. The van der Waals surface area contributed by atoms with E-state index in [9.17, 15) is 4.79 Å². The van der Waals surface area contributed by atoms with Crippen LogP contribution in [0.15, 0.2) is 24.4 Å². The third-order valence-electron chi connectivity index (χ3n) is 3.08. The molecule has 19 heavy (non-hydrogen) atoms. The smallest absolute Gasteiger partial charge is 0.220 e. The van der Waals surface area contributed by atoms with Crippen molar-refractivity contribution in [3.05, 3.63) is 30.1 Å². The molecule has 0 fully saturated rings. The van der Waals surface area contributed by atoms with E-state index in [1.807, 2.05) is 32.0 Å². The van der Waals surface area contributed by atoms with Gasteiger partial charge in [-0.1, -0.05) is 19.9 Å². The number of nitrogens with one attached hydrogen (secondary N) is 1. The van der Waals surface area contributed by atoms with Crippen molar-refractivity contribution in [3.8, 4) is 0 Å². The maximum Gasteiger partial charge on any atom is 0.220 e. The van der Waals surface area contributed by atoms with Gasteiger partial charge in [0.05, 0.1) is 0 Å². The predicted octanol–water partition coefficient (Wildman–Crippen LogP) is 1.99. The van der Waals surface area contributed by atoms with Crippen LogP contribution in [0.5, 0.6) is 0 Å². The average Bonchev–Trinajstić information content (AvgIpc) is 2.34. The summed E-state index contributed by atoms with van der Waals surface area (Å²) in [7, 11) is 0. The minimum Gasteiger partial charge on any atom is -0.355 e. The van der Waals surface area contributed by atoms with Crippen molar-refractivity contribution in [1.82, 2.24) is 10.3 Å². The lowest BCUT2D eigenvalue weighted by Crippen LogP contribution is -2.39. The lowest BCUT2D eigenvalue weighted by Gasteiger charge is -2.25. The van der Waals surface area contributed by atoms with Crippen LogP contribution in [0.1, 0.15) is 46.2 Å². The Balaban J connectivity index is 2.45. The minimum absolute atomic E-state index is 0.0440. The number of carbonyl (C=O) groups excluding carboxylic acids is 1. The van der Waals surface area contributed by atoms with Crippen molar-refractivity contribution >= 4 is 5.91 Å². The molecule has 0 bridgehead atoms. The molecule has 1 heterocycles. The molecule has 0 aromatic carbocycles. The van der Waals surface area contributed by atoms with Gasteiger partial charge in [-0.2, -0.15) is 0 Å². The first-order chi connectivity index (χ1) is 8.71. The number of carbonyl (C=O) groups is 1. The first-order valence-corrected chi connectivity index (χ1v) is 6.68. The van der Waals surface area contributed by atoms with Crippen LogP contribution in [0.3, 0.4) is 0 Å². The third-order valence-corrected chi connectivity index (χ3v) is 3.08. The maximum absolute atomic E-state index is 11.8. The number of amides is 1. The summed E-state index contributed by atoms with van der Waals surface area (Å²) in [5.41, 5.74) is 6.38. The Morgan fingerprint density at radius 3 is 2.53 bits per heavy atom. The Bertz CT molecular complexity index is 407. The lowest BCUT2D eigenvalue weighted by molar-refractivity contribution is -0.121. The molecule has 1 amide bonds. The number of nitrogens with two attached hydrogens (primary N) is 1. The van der Waals surface area contributed by atoms with Gasteiger partial charge in [0.2, 0.25) is 5.91 Å². The second-order valence-corrected chi connectivity index (χ2v) is 6.36. The van der Waals surface area contributed by atoms with Gasteiger partial charge in [-0.25, -0.2) is 0 Å². The van der Waals surface area contributed by atoms with Crippen molar-refractivity contribution < 1.29 is 4.79 Å². The molecule has 0 aliphatic carbocycles. The molecule has 4 nitrogen and oxygen atoms in total. The molecule has 0 spiro atoms. The molecule has 0 saturated heterocycles. The van der Waals surface area contributed by atoms with Gasteiger partial charge in [0.25, 0.3) is 0 Å². The number of pyridine rings is 1. The van der Waals surface area contributed by atoms with E-state index in [1.165, 1.54) is 0 Å². The third kappa shape index (κ3) is 5.83. The number of nitrogens with zero attached hydrogens (tertiary/aromatic N) is 1. The summed E-state index contributed by atoms with van der Waals surface area (Å²) >= 11 is 0. The van der Waals surface area contributed by atoms with E-state index in [1.54, 1.807) is 6.20 Å². The molecule has 4 heteroatoms. The number of hydrogen-bond acceptors (Lipinski definition) is 3. The zero-order valence-electron chi connectivity index (χ0n) is 12.4. The van der Waals surface area contributed by atoms with E-state index in [0.29, 0.717) is 19.4 Å². The van der Waals surface area contributed by atoms with Crippen LogP contribution < -0.4 is 11.1 Å². The topological polar surface area (TPSA) is 68.0 Å². The maximum atomic E-state index is 11.8. The summed E-state index contributed by atoms with van der Waals surface area (Å²) in [6.45, 7) is 8.58. The Labute approximate surface area is 115 Å². The molecule has 1 aromatic rings. The van der Waals surface area contributed by atoms with Crippen LogP contribution in [0.2, 0.25) is 0 Å². The van der Waals surface area contributed by atoms with Crippen molar-refractivity contribution in [2.24, 2.45) is 5.73 Å². The number of rotatable bonds is 6. The van der Waals surface area contributed by atoms with Crippen molar-refractivity contribution in [2.75, 3.05) is 6.54 Å². The Morgan fingerprint density at radius 1 is 1.32 bits per heavy atom. The zero-order chi connectivity index (χ0) is 14.5. The summed E-state index contributed by atoms with van der Waals surface area (Å²) in [5, 5.41) is 2.96. The van der Waals surface area contributed by atoms with Gasteiger partial charge >= 0.3 is 0 Å². The fourth-order valence-corrected chi connectivity index (χ4v) is 1.70. The average molecular weight is 263 g/mol. The van der Waals surface area contributed by atoms with Crippen molar-refractivity contribution in [2.45, 2.75) is 51.5 Å². The van der Waals surface area contributed by atoms with Crippen LogP contribution >= 0.6 is 0 Å². The molecule has 0 saturated carbocycles. The SMILES string of the molecule is CC(C)(N)CCC(=O)NCC(C)(C)c1ccccn1. The summed E-state index contributed by atoms with van der Waals surface area (Å²) in [5.74, 6) is 0.0440. The van der Waals surface area contributed by atoms with Gasteiger partial charge in [-0.05, 0) is 32.4 Å². The van der Waals surface area contributed by atoms with Gasteiger partial charge in [-0.3, -0.25) is 9.78 Å². The fraction of sp³-hybridized carbons (Fsp3) is 0.600. The van der Waals surface area contributed by atoms with Gasteiger partial charge < -0.3 is 11.1 Å². The van der Waals surface area contributed by atoms with Gasteiger partial charge in [0, 0.05) is 35.8 Å². The Kier molecular flexibility index (Phi) is 5.06. The molecule has 1 rings (SSSR count). The highest BCUT2D eigenvalue weighted by molar-refractivity contribution is 5.76. The highest BCUT2D eigenvalue weighted by atomic mass is 16.1. The normalized spacial score (nSPS) is 12.3. The van der Waals surface area contributed by atoms with E-state index in [2.05, 4.69) is 24.1 Å². The van der Waals surface area contributed by atoms with E-state index in [4.69, 9.17) is 5.73 Å². The van der Waals surface area contributed by atoms with Gasteiger partial charge in [0.15, 0.2) is 0 Å². The second kappa shape index (κ2) is 6.15. The first kappa shape index (κ1) is 15.6. The van der Waals surface area contributed by atoms with Crippen LogP contribution in [-0.4, -0.2) is 23.0 Å². The van der Waals surface area contributed by atoms with E-state index >= 15 is 0 Å². The molecule has 0 unspecified atom stereocenters. The second-order valence-electron chi connectivity index (χ2n) is 6.36. The molecule has 0 aliphatic heterocycles. The summed E-state index contributed by atoms with van der Waals surface area (Å²) in [4.78, 5) is 16.1. The van der Waals surface area contributed by atoms with Gasteiger partial charge in [0.1, 0.15) is 0 Å². The van der Waals surface area contributed by atoms with Crippen LogP contribution in [0, 0.1) is 0 Å². The quantitative estimate of drug-likeness (QED) is 0.824. The number of hydrogen-bond donors (Lipinski definition) is 2. The zero-order valence-corrected chi connectivity index (χ0v) is 12.4. The standard InChI is InChI=1S/C15H25N3O/c1-14(2,12-7-5-6-10-17-12)11-18-13(19)8-9-15(3,4)16/h5-7,10H,8-9,11,16H2,1-4H3,(H,18,19). The van der Waals surface area contributed by atoms with E-state index in [-0.39, 0.29) is 16.9 Å². The summed E-state index contributed by atoms with van der Waals surface area (Å²) in [6.07, 6.45) is 2.92. The van der Waals surface area contributed by atoms with Gasteiger partial charge in [-0.15, -0.1) is 0 Å². The highest BCUT2D eigenvalue weighted by Gasteiger charge is 2.23.